The molecule has 4 heteroatoms. The summed E-state index contributed by atoms with van der Waals surface area (Å²) in [6, 6.07) is 9.18. The average molecular weight is 274 g/mol. The van der Waals surface area contributed by atoms with Crippen LogP contribution in [0.4, 0.5) is 0 Å². The molecular weight excluding hydrogens is 252 g/mol. The first-order valence-corrected chi connectivity index (χ1v) is 7.17. The Bertz CT molecular complexity index is 447. The summed E-state index contributed by atoms with van der Waals surface area (Å²) in [7, 11) is 2.00. The van der Waals surface area contributed by atoms with Gasteiger partial charge in [-0.2, -0.15) is 5.26 Å². The highest BCUT2D eigenvalue weighted by Crippen LogP contribution is 2.17. The summed E-state index contributed by atoms with van der Waals surface area (Å²) in [6.07, 6.45) is 3.26. The lowest BCUT2D eigenvalue weighted by Gasteiger charge is -2.28. The molecule has 1 heterocycles. The number of hydrogen-bond donors (Lipinski definition) is 1. The molecule has 1 saturated heterocycles. The van der Waals surface area contributed by atoms with E-state index in [1.54, 1.807) is 12.1 Å². The van der Waals surface area contributed by atoms with Crippen LogP contribution in [0.2, 0.25) is 0 Å². The number of aliphatic hydroxyl groups excluding tert-OH is 1. The first-order chi connectivity index (χ1) is 9.69. The van der Waals surface area contributed by atoms with Crippen molar-refractivity contribution in [2.75, 3.05) is 26.7 Å². The molecule has 0 saturated carbocycles. The van der Waals surface area contributed by atoms with Gasteiger partial charge < -0.3 is 14.7 Å². The minimum absolute atomic E-state index is 0.293. The van der Waals surface area contributed by atoms with Gasteiger partial charge in [-0.25, -0.2) is 0 Å². The van der Waals surface area contributed by atoms with Gasteiger partial charge >= 0.3 is 0 Å². The third-order valence-electron chi connectivity index (χ3n) is 3.70. The molecule has 0 aliphatic carbocycles. The Morgan fingerprint density at radius 2 is 2.15 bits per heavy atom. The normalized spacial score (nSPS) is 20.6. The predicted molar refractivity (Wildman–Crippen MR) is 77.2 cm³/mol. The lowest BCUT2D eigenvalue weighted by Crippen LogP contribution is -2.35. The fraction of sp³-hybridized carbons (Fsp3) is 0.562. The van der Waals surface area contributed by atoms with Crippen molar-refractivity contribution in [2.24, 2.45) is 0 Å². The molecule has 2 unspecified atom stereocenters. The first kappa shape index (κ1) is 15.0. The smallest absolute Gasteiger partial charge is 0.0991 e. The number of hydrogen-bond acceptors (Lipinski definition) is 4. The van der Waals surface area contributed by atoms with E-state index >= 15 is 0 Å². The lowest BCUT2D eigenvalue weighted by atomic mass is 10.1. The maximum absolute atomic E-state index is 10.2. The Hall–Kier alpha value is -1.41. The summed E-state index contributed by atoms with van der Waals surface area (Å²) in [4.78, 5) is 2.11. The number of benzene rings is 1. The topological polar surface area (TPSA) is 56.5 Å². The third kappa shape index (κ3) is 4.31. The summed E-state index contributed by atoms with van der Waals surface area (Å²) >= 11 is 0. The van der Waals surface area contributed by atoms with Crippen LogP contribution in [0.5, 0.6) is 0 Å². The number of nitrogens with zero attached hydrogens (tertiary/aromatic N) is 2. The fourth-order valence-electron chi connectivity index (χ4n) is 2.55. The summed E-state index contributed by atoms with van der Waals surface area (Å²) in [5, 5.41) is 19.0. The molecule has 0 radical (unpaired) electrons. The van der Waals surface area contributed by atoms with Crippen LogP contribution in [-0.4, -0.2) is 42.9 Å². The fourth-order valence-corrected chi connectivity index (χ4v) is 2.55. The molecule has 1 aromatic rings. The zero-order chi connectivity index (χ0) is 14.4. The lowest BCUT2D eigenvalue weighted by molar-refractivity contribution is -0.00795. The zero-order valence-electron chi connectivity index (χ0n) is 12.0. The van der Waals surface area contributed by atoms with E-state index in [1.165, 1.54) is 6.42 Å². The Labute approximate surface area is 120 Å². The number of likely N-dealkylation sites (N-methyl/N-ethyl adjacent to an activating group) is 1. The van der Waals surface area contributed by atoms with Crippen molar-refractivity contribution in [1.29, 1.82) is 5.26 Å². The number of aliphatic hydroxyl groups is 1. The van der Waals surface area contributed by atoms with E-state index in [2.05, 4.69) is 11.0 Å². The van der Waals surface area contributed by atoms with E-state index in [0.717, 1.165) is 31.6 Å². The van der Waals surface area contributed by atoms with Crippen LogP contribution in [-0.2, 0) is 4.74 Å². The Kier molecular flexibility index (Phi) is 5.54. The minimum Gasteiger partial charge on any atom is -0.387 e. The quantitative estimate of drug-likeness (QED) is 0.893. The second-order valence-electron chi connectivity index (χ2n) is 5.46. The summed E-state index contributed by atoms with van der Waals surface area (Å²) in [5.74, 6) is 0. The first-order valence-electron chi connectivity index (χ1n) is 7.17. The minimum atomic E-state index is -0.531. The van der Waals surface area contributed by atoms with Crippen molar-refractivity contribution in [1.82, 2.24) is 4.90 Å². The highest BCUT2D eigenvalue weighted by molar-refractivity contribution is 5.32. The molecule has 108 valence electrons. The van der Waals surface area contributed by atoms with E-state index < -0.39 is 6.10 Å². The van der Waals surface area contributed by atoms with E-state index in [9.17, 15) is 5.11 Å². The van der Waals surface area contributed by atoms with Gasteiger partial charge in [0.15, 0.2) is 0 Å². The second-order valence-corrected chi connectivity index (χ2v) is 5.46. The van der Waals surface area contributed by atoms with Crippen LogP contribution >= 0.6 is 0 Å². The van der Waals surface area contributed by atoms with Crippen molar-refractivity contribution in [2.45, 2.75) is 31.5 Å². The molecule has 1 aliphatic heterocycles. The van der Waals surface area contributed by atoms with Crippen LogP contribution in [0.3, 0.4) is 0 Å². The van der Waals surface area contributed by atoms with Gasteiger partial charge in [0.25, 0.3) is 0 Å². The van der Waals surface area contributed by atoms with Gasteiger partial charge in [0.1, 0.15) is 0 Å². The summed E-state index contributed by atoms with van der Waals surface area (Å²) in [5.41, 5.74) is 1.46. The van der Waals surface area contributed by atoms with Crippen LogP contribution in [0.25, 0.3) is 0 Å². The summed E-state index contributed by atoms with van der Waals surface area (Å²) in [6.45, 7) is 2.29. The number of ether oxygens (including phenoxy) is 1. The Morgan fingerprint density at radius 1 is 1.40 bits per heavy atom. The molecule has 2 rings (SSSR count). The van der Waals surface area contributed by atoms with E-state index in [4.69, 9.17) is 10.00 Å². The van der Waals surface area contributed by atoms with E-state index in [1.807, 2.05) is 19.2 Å². The van der Waals surface area contributed by atoms with Crippen molar-refractivity contribution >= 4 is 0 Å². The van der Waals surface area contributed by atoms with E-state index in [-0.39, 0.29) is 0 Å². The van der Waals surface area contributed by atoms with Crippen LogP contribution in [0, 0.1) is 11.3 Å². The number of nitriles is 1. The Morgan fingerprint density at radius 3 is 2.75 bits per heavy atom. The molecule has 0 bridgehead atoms. The predicted octanol–water partition coefficient (Wildman–Crippen LogP) is 2.09. The van der Waals surface area contributed by atoms with Crippen molar-refractivity contribution in [3.63, 3.8) is 0 Å². The molecule has 0 spiro atoms. The van der Waals surface area contributed by atoms with Gasteiger partial charge in [0.05, 0.1) is 23.8 Å². The monoisotopic (exact) mass is 274 g/mol. The van der Waals surface area contributed by atoms with Gasteiger partial charge in [-0.3, -0.25) is 0 Å². The van der Waals surface area contributed by atoms with Gasteiger partial charge in [-0.1, -0.05) is 12.1 Å². The van der Waals surface area contributed by atoms with Crippen molar-refractivity contribution in [3.8, 4) is 6.07 Å². The van der Waals surface area contributed by atoms with Gasteiger partial charge in [-0.05, 0) is 44.0 Å². The van der Waals surface area contributed by atoms with Gasteiger partial charge in [0.2, 0.25) is 0 Å². The largest absolute Gasteiger partial charge is 0.387 e. The maximum Gasteiger partial charge on any atom is 0.0991 e. The SMILES string of the molecule is CN(CC1CCCCO1)CC(O)c1ccc(C#N)cc1. The third-order valence-corrected chi connectivity index (χ3v) is 3.70. The molecule has 1 N–H and O–H groups in total. The van der Waals surface area contributed by atoms with Crippen LogP contribution in [0.1, 0.15) is 36.5 Å². The highest BCUT2D eigenvalue weighted by atomic mass is 16.5. The zero-order valence-corrected chi connectivity index (χ0v) is 12.0. The standard InChI is InChI=1S/C16H22N2O2/c1-18(11-15-4-2-3-9-20-15)12-16(19)14-7-5-13(10-17)6-8-14/h5-8,15-16,19H,2-4,9,11-12H2,1H3. The molecule has 0 amide bonds. The van der Waals surface area contributed by atoms with Crippen LogP contribution in [0.15, 0.2) is 24.3 Å². The van der Waals surface area contributed by atoms with Crippen molar-refractivity contribution in [3.05, 3.63) is 35.4 Å². The Balaban J connectivity index is 1.83. The van der Waals surface area contributed by atoms with Crippen molar-refractivity contribution < 1.29 is 9.84 Å². The molecular formula is C16H22N2O2. The van der Waals surface area contributed by atoms with E-state index in [0.29, 0.717) is 18.2 Å². The molecule has 2 atom stereocenters. The van der Waals surface area contributed by atoms with Crippen LogP contribution < -0.4 is 0 Å². The molecule has 4 nitrogen and oxygen atoms in total. The summed E-state index contributed by atoms with van der Waals surface area (Å²) < 4.78 is 5.71. The maximum atomic E-state index is 10.2. The molecule has 20 heavy (non-hydrogen) atoms. The average Bonchev–Trinajstić information content (AvgIpc) is 2.48. The molecule has 1 aliphatic rings. The second kappa shape index (κ2) is 7.39. The molecule has 1 aromatic carbocycles. The van der Waals surface area contributed by atoms with Gasteiger partial charge in [-0.15, -0.1) is 0 Å². The van der Waals surface area contributed by atoms with Gasteiger partial charge in [0, 0.05) is 19.7 Å². The molecule has 1 fully saturated rings. The number of rotatable bonds is 5. The molecule has 0 aromatic heterocycles. The highest BCUT2D eigenvalue weighted by Gasteiger charge is 2.18.